The zero-order valence-corrected chi connectivity index (χ0v) is 10.8. The third kappa shape index (κ3) is 3.89. The summed E-state index contributed by atoms with van der Waals surface area (Å²) in [5, 5.41) is 3.29. The van der Waals surface area contributed by atoms with Crippen molar-refractivity contribution in [2.45, 2.75) is 32.3 Å². The third-order valence-electron chi connectivity index (χ3n) is 3.17. The van der Waals surface area contributed by atoms with Gasteiger partial charge in [0.2, 0.25) is 0 Å². The summed E-state index contributed by atoms with van der Waals surface area (Å²) in [5.41, 5.74) is 1.70. The lowest BCUT2D eigenvalue weighted by atomic mass is 10.1. The van der Waals surface area contributed by atoms with Crippen LogP contribution in [0.5, 0.6) is 0 Å². The Bertz CT molecular complexity index is 401. The molecule has 2 rings (SSSR count). The molecule has 4 nitrogen and oxygen atoms in total. The summed E-state index contributed by atoms with van der Waals surface area (Å²) in [6, 6.07) is 1.87. The van der Waals surface area contributed by atoms with Crippen molar-refractivity contribution >= 4 is 5.78 Å². The number of aryl methyl sites for hydroxylation is 1. The van der Waals surface area contributed by atoms with Crippen LogP contribution in [-0.4, -0.2) is 36.6 Å². The molecular formula is C14H20N2O2. The first-order valence-electron chi connectivity index (χ1n) is 6.53. The predicted octanol–water partition coefficient (Wildman–Crippen LogP) is 1.73. The molecule has 0 bridgehead atoms. The number of pyridine rings is 1. The van der Waals surface area contributed by atoms with Gasteiger partial charge in [-0.1, -0.05) is 0 Å². The van der Waals surface area contributed by atoms with E-state index in [0.717, 1.165) is 31.5 Å². The smallest absolute Gasteiger partial charge is 0.166 e. The average molecular weight is 248 g/mol. The summed E-state index contributed by atoms with van der Waals surface area (Å²) in [6.45, 7) is 4.48. The molecule has 0 saturated carbocycles. The van der Waals surface area contributed by atoms with Crippen LogP contribution in [0.25, 0.3) is 0 Å². The van der Waals surface area contributed by atoms with Gasteiger partial charge in [-0.05, 0) is 44.5 Å². The second-order valence-electron chi connectivity index (χ2n) is 4.74. The molecule has 0 spiro atoms. The summed E-state index contributed by atoms with van der Waals surface area (Å²) < 4.78 is 5.72. The minimum atomic E-state index is 0.111. The first kappa shape index (κ1) is 13.2. The Balaban J connectivity index is 1.74. The van der Waals surface area contributed by atoms with E-state index in [1.54, 1.807) is 12.4 Å². The highest BCUT2D eigenvalue weighted by Crippen LogP contribution is 2.09. The Morgan fingerprint density at radius 3 is 2.94 bits per heavy atom. The van der Waals surface area contributed by atoms with Gasteiger partial charge in [0.25, 0.3) is 0 Å². The molecule has 1 aliphatic heterocycles. The second kappa shape index (κ2) is 6.61. The molecule has 1 N–H and O–H groups in total. The van der Waals surface area contributed by atoms with E-state index in [0.29, 0.717) is 24.7 Å². The summed E-state index contributed by atoms with van der Waals surface area (Å²) in [6.07, 6.45) is 6.21. The van der Waals surface area contributed by atoms with Crippen LogP contribution in [0.15, 0.2) is 18.5 Å². The van der Waals surface area contributed by atoms with E-state index in [4.69, 9.17) is 4.74 Å². The normalized spacial score (nSPS) is 16.7. The minimum Gasteiger partial charge on any atom is -0.378 e. The SMILES string of the molecule is Cc1cncc(C(=O)CCOC2CCNCC2)c1. The fraction of sp³-hybridized carbons (Fsp3) is 0.571. The number of nitrogens with one attached hydrogen (secondary N) is 1. The Kier molecular flexibility index (Phi) is 4.84. The minimum absolute atomic E-state index is 0.111. The molecule has 0 amide bonds. The molecule has 0 unspecified atom stereocenters. The van der Waals surface area contributed by atoms with Gasteiger partial charge in [-0.25, -0.2) is 0 Å². The van der Waals surface area contributed by atoms with Gasteiger partial charge in [-0.3, -0.25) is 9.78 Å². The predicted molar refractivity (Wildman–Crippen MR) is 69.8 cm³/mol. The van der Waals surface area contributed by atoms with E-state index in [9.17, 15) is 4.79 Å². The summed E-state index contributed by atoms with van der Waals surface area (Å²) in [5.74, 6) is 0.111. The number of ether oxygens (including phenoxy) is 1. The topological polar surface area (TPSA) is 51.2 Å². The van der Waals surface area contributed by atoms with Crippen molar-refractivity contribution in [1.82, 2.24) is 10.3 Å². The van der Waals surface area contributed by atoms with Crippen molar-refractivity contribution < 1.29 is 9.53 Å². The number of hydrogen-bond acceptors (Lipinski definition) is 4. The first-order chi connectivity index (χ1) is 8.75. The third-order valence-corrected chi connectivity index (χ3v) is 3.17. The van der Waals surface area contributed by atoms with Gasteiger partial charge < -0.3 is 10.1 Å². The van der Waals surface area contributed by atoms with Gasteiger partial charge in [0.15, 0.2) is 5.78 Å². The number of carbonyl (C=O) groups is 1. The standard InChI is InChI=1S/C14H20N2O2/c1-11-8-12(10-16-9-11)14(17)4-7-18-13-2-5-15-6-3-13/h8-10,13,15H,2-7H2,1H3. The Morgan fingerprint density at radius 2 is 2.22 bits per heavy atom. The number of nitrogens with zero attached hydrogens (tertiary/aromatic N) is 1. The van der Waals surface area contributed by atoms with Gasteiger partial charge >= 0.3 is 0 Å². The van der Waals surface area contributed by atoms with Crippen molar-refractivity contribution in [3.8, 4) is 0 Å². The van der Waals surface area contributed by atoms with Crippen molar-refractivity contribution in [3.05, 3.63) is 29.6 Å². The highest BCUT2D eigenvalue weighted by atomic mass is 16.5. The summed E-state index contributed by atoms with van der Waals surface area (Å²) in [7, 11) is 0. The molecule has 0 radical (unpaired) electrons. The monoisotopic (exact) mass is 248 g/mol. The van der Waals surface area contributed by atoms with Crippen molar-refractivity contribution in [3.63, 3.8) is 0 Å². The van der Waals surface area contributed by atoms with E-state index in [-0.39, 0.29) is 5.78 Å². The molecule has 1 aliphatic rings. The van der Waals surface area contributed by atoms with Gasteiger partial charge in [0, 0.05) is 24.4 Å². The molecule has 2 heterocycles. The van der Waals surface area contributed by atoms with E-state index >= 15 is 0 Å². The Hall–Kier alpha value is -1.26. The van der Waals surface area contributed by atoms with E-state index in [1.165, 1.54) is 0 Å². The fourth-order valence-electron chi connectivity index (χ4n) is 2.13. The number of hydrogen-bond donors (Lipinski definition) is 1. The van der Waals surface area contributed by atoms with Crippen LogP contribution in [0, 0.1) is 6.92 Å². The lowest BCUT2D eigenvalue weighted by Crippen LogP contribution is -2.32. The second-order valence-corrected chi connectivity index (χ2v) is 4.74. The van der Waals surface area contributed by atoms with Crippen LogP contribution >= 0.6 is 0 Å². The van der Waals surface area contributed by atoms with E-state index in [1.807, 2.05) is 13.0 Å². The fourth-order valence-corrected chi connectivity index (χ4v) is 2.13. The van der Waals surface area contributed by atoms with Crippen LogP contribution in [0.2, 0.25) is 0 Å². The molecule has 98 valence electrons. The molecule has 18 heavy (non-hydrogen) atoms. The maximum Gasteiger partial charge on any atom is 0.166 e. The summed E-state index contributed by atoms with van der Waals surface area (Å²) in [4.78, 5) is 15.9. The lowest BCUT2D eigenvalue weighted by Gasteiger charge is -2.22. The van der Waals surface area contributed by atoms with Crippen molar-refractivity contribution in [2.75, 3.05) is 19.7 Å². The Morgan fingerprint density at radius 1 is 1.44 bits per heavy atom. The van der Waals surface area contributed by atoms with E-state index in [2.05, 4.69) is 10.3 Å². The summed E-state index contributed by atoms with van der Waals surface area (Å²) >= 11 is 0. The molecule has 0 aliphatic carbocycles. The van der Waals surface area contributed by atoms with Crippen LogP contribution in [0.3, 0.4) is 0 Å². The van der Waals surface area contributed by atoms with Crippen molar-refractivity contribution in [2.24, 2.45) is 0 Å². The molecular weight excluding hydrogens is 228 g/mol. The number of carbonyl (C=O) groups excluding carboxylic acids is 1. The van der Waals surface area contributed by atoms with Crippen LogP contribution in [-0.2, 0) is 4.74 Å². The van der Waals surface area contributed by atoms with Crippen LogP contribution in [0.4, 0.5) is 0 Å². The molecule has 4 heteroatoms. The Labute approximate surface area is 108 Å². The molecule has 1 aromatic rings. The van der Waals surface area contributed by atoms with Crippen LogP contribution < -0.4 is 5.32 Å². The molecule has 1 fully saturated rings. The lowest BCUT2D eigenvalue weighted by molar-refractivity contribution is 0.0313. The maximum atomic E-state index is 11.9. The number of Topliss-reactive ketones (excluding diaryl/α,β-unsaturated/α-hetero) is 1. The highest BCUT2D eigenvalue weighted by molar-refractivity contribution is 5.95. The zero-order valence-electron chi connectivity index (χ0n) is 10.8. The van der Waals surface area contributed by atoms with Gasteiger partial charge in [-0.2, -0.15) is 0 Å². The zero-order chi connectivity index (χ0) is 12.8. The molecule has 1 aromatic heterocycles. The molecule has 0 atom stereocenters. The maximum absolute atomic E-state index is 11.9. The number of piperidine rings is 1. The number of ketones is 1. The number of aromatic nitrogens is 1. The van der Waals surface area contributed by atoms with Crippen molar-refractivity contribution in [1.29, 1.82) is 0 Å². The first-order valence-corrected chi connectivity index (χ1v) is 6.53. The quantitative estimate of drug-likeness (QED) is 0.806. The number of rotatable bonds is 5. The largest absolute Gasteiger partial charge is 0.378 e. The van der Waals surface area contributed by atoms with Gasteiger partial charge in [0.05, 0.1) is 12.7 Å². The molecule has 1 saturated heterocycles. The van der Waals surface area contributed by atoms with Crippen LogP contribution in [0.1, 0.15) is 35.2 Å². The average Bonchev–Trinajstić information content (AvgIpc) is 2.40. The van der Waals surface area contributed by atoms with Gasteiger partial charge in [-0.15, -0.1) is 0 Å². The highest BCUT2D eigenvalue weighted by Gasteiger charge is 2.14. The van der Waals surface area contributed by atoms with E-state index < -0.39 is 0 Å². The van der Waals surface area contributed by atoms with Gasteiger partial charge in [0.1, 0.15) is 0 Å². The molecule has 0 aromatic carbocycles.